The van der Waals surface area contributed by atoms with Gasteiger partial charge in [-0.2, -0.15) is 5.26 Å². The Morgan fingerprint density at radius 2 is 1.75 bits per heavy atom. The number of primary sulfonamides is 1. The first-order valence-electron chi connectivity index (χ1n) is 8.34. The van der Waals surface area contributed by atoms with Gasteiger partial charge in [0.05, 0.1) is 11.3 Å². The fraction of sp³-hybridized carbons (Fsp3) is 0.150. The molecule has 3 aromatic rings. The number of aryl methyl sites for hydroxylation is 3. The topological polar surface area (TPSA) is 119 Å². The van der Waals surface area contributed by atoms with E-state index in [1.165, 1.54) is 24.5 Å². The average molecular weight is 394 g/mol. The minimum atomic E-state index is -4.05. The lowest BCUT2D eigenvalue weighted by molar-refractivity contribution is 0.441. The number of aromatic nitrogens is 2. The maximum absolute atomic E-state index is 12.0. The standard InChI is InChI=1S/C20H18N4O3S/c1-12-6-13(2)19(14(3)7-12)27-20-18(28(22,25)26)5-4-17(24-20)16-8-15(9-21)10-23-11-16/h4-8,10-11H,1-3H3,(H2,22,25,26). The average Bonchev–Trinajstić information content (AvgIpc) is 2.63. The Morgan fingerprint density at radius 1 is 1.07 bits per heavy atom. The van der Waals surface area contributed by atoms with Crippen LogP contribution in [0.5, 0.6) is 11.6 Å². The molecule has 7 nitrogen and oxygen atoms in total. The second kappa shape index (κ2) is 7.38. The van der Waals surface area contributed by atoms with Crippen LogP contribution < -0.4 is 9.88 Å². The summed E-state index contributed by atoms with van der Waals surface area (Å²) in [5, 5.41) is 14.4. The van der Waals surface area contributed by atoms with Gasteiger partial charge < -0.3 is 4.74 Å². The number of nitriles is 1. The van der Waals surface area contributed by atoms with E-state index < -0.39 is 10.0 Å². The number of benzene rings is 1. The predicted octanol–water partition coefficient (Wildman–Crippen LogP) is 3.38. The highest BCUT2D eigenvalue weighted by Gasteiger charge is 2.20. The predicted molar refractivity (Wildman–Crippen MR) is 104 cm³/mol. The van der Waals surface area contributed by atoms with Crippen LogP contribution in [-0.2, 0) is 10.0 Å². The van der Waals surface area contributed by atoms with E-state index >= 15 is 0 Å². The highest BCUT2D eigenvalue weighted by Crippen LogP contribution is 2.33. The Kier molecular flexibility index (Phi) is 5.14. The molecule has 8 heteroatoms. The molecular formula is C20H18N4O3S. The second-order valence-corrected chi connectivity index (χ2v) is 7.98. The molecule has 0 aliphatic carbocycles. The van der Waals surface area contributed by atoms with Crippen LogP contribution in [0.25, 0.3) is 11.3 Å². The number of hydrogen-bond donors (Lipinski definition) is 1. The molecule has 28 heavy (non-hydrogen) atoms. The highest BCUT2D eigenvalue weighted by molar-refractivity contribution is 7.89. The fourth-order valence-corrected chi connectivity index (χ4v) is 3.53. The van der Waals surface area contributed by atoms with Gasteiger partial charge in [-0.1, -0.05) is 17.7 Å². The van der Waals surface area contributed by atoms with E-state index in [0.29, 0.717) is 22.6 Å². The van der Waals surface area contributed by atoms with Gasteiger partial charge in [0.1, 0.15) is 16.7 Å². The third kappa shape index (κ3) is 4.01. The minimum Gasteiger partial charge on any atom is -0.437 e. The van der Waals surface area contributed by atoms with Gasteiger partial charge in [-0.15, -0.1) is 0 Å². The van der Waals surface area contributed by atoms with Crippen LogP contribution in [-0.4, -0.2) is 18.4 Å². The van der Waals surface area contributed by atoms with Crippen LogP contribution in [0.4, 0.5) is 0 Å². The fourth-order valence-electron chi connectivity index (χ4n) is 2.94. The van der Waals surface area contributed by atoms with Crippen LogP contribution in [0.2, 0.25) is 0 Å². The molecular weight excluding hydrogens is 376 g/mol. The van der Waals surface area contributed by atoms with Crippen molar-refractivity contribution in [3.8, 4) is 29.0 Å². The van der Waals surface area contributed by atoms with Crippen LogP contribution in [0, 0.1) is 32.1 Å². The summed E-state index contributed by atoms with van der Waals surface area (Å²) in [6.07, 6.45) is 2.96. The summed E-state index contributed by atoms with van der Waals surface area (Å²) in [6, 6.07) is 10.3. The van der Waals surface area contributed by atoms with Crippen molar-refractivity contribution >= 4 is 10.0 Å². The molecule has 0 spiro atoms. The van der Waals surface area contributed by atoms with E-state index in [1.54, 1.807) is 6.07 Å². The minimum absolute atomic E-state index is 0.127. The lowest BCUT2D eigenvalue weighted by atomic mass is 10.1. The van der Waals surface area contributed by atoms with E-state index in [2.05, 4.69) is 9.97 Å². The first-order chi connectivity index (χ1) is 13.2. The molecule has 2 N–H and O–H groups in total. The van der Waals surface area contributed by atoms with Gasteiger partial charge >= 0.3 is 0 Å². The van der Waals surface area contributed by atoms with Crippen LogP contribution >= 0.6 is 0 Å². The Bertz CT molecular complexity index is 1190. The maximum Gasteiger partial charge on any atom is 0.243 e. The van der Waals surface area contributed by atoms with Gasteiger partial charge in [-0.05, 0) is 50.1 Å². The largest absolute Gasteiger partial charge is 0.437 e. The number of ether oxygens (including phenoxy) is 1. The van der Waals surface area contributed by atoms with Gasteiger partial charge in [0.2, 0.25) is 15.9 Å². The van der Waals surface area contributed by atoms with Gasteiger partial charge in [0, 0.05) is 18.0 Å². The Labute approximate surface area is 163 Å². The zero-order valence-electron chi connectivity index (χ0n) is 15.6. The van der Waals surface area contributed by atoms with E-state index in [1.807, 2.05) is 39.0 Å². The summed E-state index contributed by atoms with van der Waals surface area (Å²) in [4.78, 5) is 8.14. The van der Waals surface area contributed by atoms with Gasteiger partial charge in [-0.25, -0.2) is 18.5 Å². The molecule has 0 unspecified atom stereocenters. The van der Waals surface area contributed by atoms with Crippen molar-refractivity contribution in [2.45, 2.75) is 25.7 Å². The highest BCUT2D eigenvalue weighted by atomic mass is 32.2. The molecule has 142 valence electrons. The first-order valence-corrected chi connectivity index (χ1v) is 9.89. The zero-order valence-corrected chi connectivity index (χ0v) is 16.4. The number of nitrogens with zero attached hydrogens (tertiary/aromatic N) is 3. The second-order valence-electron chi connectivity index (χ2n) is 6.45. The Hall–Kier alpha value is -3.28. The van der Waals surface area contributed by atoms with E-state index in [0.717, 1.165) is 16.7 Å². The molecule has 0 amide bonds. The third-order valence-corrected chi connectivity index (χ3v) is 5.02. The Morgan fingerprint density at radius 3 is 2.36 bits per heavy atom. The summed E-state index contributed by atoms with van der Waals surface area (Å²) in [6.45, 7) is 5.71. The zero-order chi connectivity index (χ0) is 20.5. The summed E-state index contributed by atoms with van der Waals surface area (Å²) >= 11 is 0. The van der Waals surface area contributed by atoms with Crippen molar-refractivity contribution in [2.24, 2.45) is 5.14 Å². The number of sulfonamides is 1. The van der Waals surface area contributed by atoms with E-state index in [-0.39, 0.29) is 10.8 Å². The molecule has 2 aromatic heterocycles. The normalized spacial score (nSPS) is 11.1. The first kappa shape index (κ1) is 19.5. The summed E-state index contributed by atoms with van der Waals surface area (Å²) in [5.41, 5.74) is 4.09. The molecule has 3 rings (SSSR count). The summed E-state index contributed by atoms with van der Waals surface area (Å²) < 4.78 is 30.0. The van der Waals surface area contributed by atoms with Crippen LogP contribution in [0.1, 0.15) is 22.3 Å². The van der Waals surface area contributed by atoms with Crippen LogP contribution in [0.3, 0.4) is 0 Å². The van der Waals surface area contributed by atoms with Crippen LogP contribution in [0.15, 0.2) is 47.6 Å². The van der Waals surface area contributed by atoms with Gasteiger partial charge in [-0.3, -0.25) is 4.98 Å². The number of hydrogen-bond acceptors (Lipinski definition) is 6. The van der Waals surface area contributed by atoms with Crippen molar-refractivity contribution in [3.05, 3.63) is 65.0 Å². The molecule has 0 saturated heterocycles. The van der Waals surface area contributed by atoms with Gasteiger partial charge in [0.25, 0.3) is 0 Å². The molecule has 0 saturated carbocycles. The molecule has 2 heterocycles. The van der Waals surface area contributed by atoms with E-state index in [4.69, 9.17) is 15.1 Å². The monoisotopic (exact) mass is 394 g/mol. The summed E-state index contributed by atoms with van der Waals surface area (Å²) in [5.74, 6) is 0.390. The molecule has 0 radical (unpaired) electrons. The number of pyridine rings is 2. The molecule has 0 fully saturated rings. The van der Waals surface area contributed by atoms with Crippen molar-refractivity contribution < 1.29 is 13.2 Å². The lowest BCUT2D eigenvalue weighted by Gasteiger charge is -2.15. The summed E-state index contributed by atoms with van der Waals surface area (Å²) in [7, 11) is -4.05. The number of rotatable bonds is 4. The quantitative estimate of drug-likeness (QED) is 0.724. The van der Waals surface area contributed by atoms with Gasteiger partial charge in [0.15, 0.2) is 0 Å². The molecule has 0 aliphatic heterocycles. The lowest BCUT2D eigenvalue weighted by Crippen LogP contribution is -2.14. The van der Waals surface area contributed by atoms with Crippen molar-refractivity contribution in [2.75, 3.05) is 0 Å². The smallest absolute Gasteiger partial charge is 0.243 e. The van der Waals surface area contributed by atoms with Crippen molar-refractivity contribution in [1.29, 1.82) is 5.26 Å². The van der Waals surface area contributed by atoms with Crippen molar-refractivity contribution in [3.63, 3.8) is 0 Å². The SMILES string of the molecule is Cc1cc(C)c(Oc2nc(-c3cncc(C#N)c3)ccc2S(N)(=O)=O)c(C)c1. The maximum atomic E-state index is 12.0. The van der Waals surface area contributed by atoms with E-state index in [9.17, 15) is 8.42 Å². The third-order valence-electron chi connectivity index (χ3n) is 4.10. The number of nitrogens with two attached hydrogens (primary N) is 1. The molecule has 1 aromatic carbocycles. The molecule has 0 atom stereocenters. The molecule has 0 bridgehead atoms. The molecule has 0 aliphatic rings. The Balaban J connectivity index is 2.16. The van der Waals surface area contributed by atoms with Crippen molar-refractivity contribution in [1.82, 2.24) is 9.97 Å².